The molecule has 0 bridgehead atoms. The summed E-state index contributed by atoms with van der Waals surface area (Å²) >= 11 is 1.97. The molecule has 2 unspecified atom stereocenters. The number of anilines is 2. The number of amides is 2. The summed E-state index contributed by atoms with van der Waals surface area (Å²) < 4.78 is 7.14. The molecule has 3 heterocycles. The average Bonchev–Trinajstić information content (AvgIpc) is 3.82. The molecule has 1 aliphatic carbocycles. The zero-order valence-corrected chi connectivity index (χ0v) is 29.2. The van der Waals surface area contributed by atoms with E-state index in [1.807, 2.05) is 24.3 Å². The van der Waals surface area contributed by atoms with Gasteiger partial charge in [-0.2, -0.15) is 0 Å². The smallest absolute Gasteiger partial charge is 0.326 e. The summed E-state index contributed by atoms with van der Waals surface area (Å²) in [5.74, 6) is -0.619. The molecule has 11 heteroatoms. The minimum Gasteiger partial charge on any atom is -0.465 e. The molecule has 3 aromatic rings. The van der Waals surface area contributed by atoms with Crippen molar-refractivity contribution in [1.29, 1.82) is 0 Å². The molecule has 6 rings (SSSR count). The molecule has 1 aromatic heterocycles. The van der Waals surface area contributed by atoms with Crippen molar-refractivity contribution < 1.29 is 24.2 Å². The van der Waals surface area contributed by atoms with E-state index < -0.39 is 17.4 Å². The first-order valence-electron chi connectivity index (χ1n) is 17.1. The van der Waals surface area contributed by atoms with Gasteiger partial charge >= 0.3 is 5.97 Å². The first-order chi connectivity index (χ1) is 23.3. The number of carbonyl (C=O) groups excluding carboxylic acids is 3. The summed E-state index contributed by atoms with van der Waals surface area (Å²) in [6.07, 6.45) is 11.4. The Bertz CT molecular complexity index is 1860. The summed E-state index contributed by atoms with van der Waals surface area (Å²) in [6, 6.07) is 14.7. The first-order valence-corrected chi connectivity index (χ1v) is 18.8. The summed E-state index contributed by atoms with van der Waals surface area (Å²) in [5, 5.41) is 9.17. The lowest BCUT2D eigenvalue weighted by Gasteiger charge is -2.27. The predicted octanol–water partition coefficient (Wildman–Crippen LogP) is 5.75. The zero-order valence-electron chi connectivity index (χ0n) is 27.6. The van der Waals surface area contributed by atoms with Gasteiger partial charge in [0.2, 0.25) is 0 Å². The number of ether oxygens (including phenoxy) is 1. The number of rotatable bonds is 13. The minimum absolute atomic E-state index is 0.00784. The maximum atomic E-state index is 13.8. The second-order valence-corrected chi connectivity index (χ2v) is 14.6. The topological polar surface area (TPSA) is 109 Å². The lowest BCUT2D eigenvalue weighted by Crippen LogP contribution is -2.36. The SMILES string of the molecule is CCCCCCCCN1C(=O)SC(=c2sc(=Cc3ccc4c(c3)C3CCCC3N4c3ccc(CO)cc3)c(=O)n2CC(=O)OCC)C1=O. The van der Waals surface area contributed by atoms with Crippen LogP contribution in [-0.4, -0.2) is 50.9 Å². The molecule has 2 atom stereocenters. The molecular formula is C37H43N3O6S2. The van der Waals surface area contributed by atoms with E-state index in [0.717, 1.165) is 97.0 Å². The van der Waals surface area contributed by atoms with E-state index in [9.17, 15) is 24.3 Å². The van der Waals surface area contributed by atoms with Gasteiger partial charge in [0, 0.05) is 29.9 Å². The number of thioether (sulfide) groups is 1. The Kier molecular flexibility index (Phi) is 10.9. The second kappa shape index (κ2) is 15.3. The van der Waals surface area contributed by atoms with E-state index in [4.69, 9.17) is 4.74 Å². The third-order valence-electron chi connectivity index (χ3n) is 9.50. The monoisotopic (exact) mass is 689 g/mol. The van der Waals surface area contributed by atoms with Crippen LogP contribution in [0.3, 0.4) is 0 Å². The van der Waals surface area contributed by atoms with Crippen LogP contribution in [0.5, 0.6) is 0 Å². The number of carbonyl (C=O) groups is 3. The van der Waals surface area contributed by atoms with Crippen molar-refractivity contribution >= 4 is 62.6 Å². The number of imide groups is 1. The molecule has 2 fully saturated rings. The fourth-order valence-corrected chi connectivity index (χ4v) is 9.29. The fraction of sp³-hybridized carbons (Fsp3) is 0.459. The highest BCUT2D eigenvalue weighted by Gasteiger charge is 2.42. The molecular weight excluding hydrogens is 647 g/mol. The molecule has 254 valence electrons. The van der Waals surface area contributed by atoms with Gasteiger partial charge in [-0.3, -0.25) is 28.6 Å². The Morgan fingerprint density at radius 2 is 1.77 bits per heavy atom. The van der Waals surface area contributed by atoms with Gasteiger partial charge in [-0.25, -0.2) is 0 Å². The molecule has 2 amide bonds. The van der Waals surface area contributed by atoms with Crippen LogP contribution in [0.15, 0.2) is 47.3 Å². The zero-order chi connectivity index (χ0) is 33.8. The van der Waals surface area contributed by atoms with Crippen molar-refractivity contribution in [3.05, 3.63) is 78.7 Å². The summed E-state index contributed by atoms with van der Waals surface area (Å²) in [5.41, 5.74) is 4.84. The molecule has 0 spiro atoms. The Hall–Kier alpha value is -3.67. The van der Waals surface area contributed by atoms with E-state index in [0.29, 0.717) is 27.7 Å². The van der Waals surface area contributed by atoms with E-state index in [2.05, 4.69) is 36.1 Å². The molecule has 1 saturated heterocycles. The predicted molar refractivity (Wildman–Crippen MR) is 191 cm³/mol. The first kappa shape index (κ1) is 34.2. The molecule has 2 aromatic carbocycles. The molecule has 9 nitrogen and oxygen atoms in total. The van der Waals surface area contributed by atoms with Crippen molar-refractivity contribution in [2.24, 2.45) is 0 Å². The highest BCUT2D eigenvalue weighted by atomic mass is 32.2. The maximum Gasteiger partial charge on any atom is 0.326 e. The quantitative estimate of drug-likeness (QED) is 0.179. The summed E-state index contributed by atoms with van der Waals surface area (Å²) in [4.78, 5) is 56.8. The van der Waals surface area contributed by atoms with E-state index >= 15 is 0 Å². The van der Waals surface area contributed by atoms with Crippen LogP contribution in [0.25, 0.3) is 11.0 Å². The molecule has 48 heavy (non-hydrogen) atoms. The van der Waals surface area contributed by atoms with E-state index in [1.165, 1.54) is 21.5 Å². The second-order valence-electron chi connectivity index (χ2n) is 12.7. The van der Waals surface area contributed by atoms with Crippen LogP contribution in [0.2, 0.25) is 0 Å². The van der Waals surface area contributed by atoms with Crippen LogP contribution in [0.1, 0.15) is 94.2 Å². The molecule has 2 aliphatic heterocycles. The van der Waals surface area contributed by atoms with Gasteiger partial charge in [-0.05, 0) is 85.0 Å². The number of hydrogen-bond acceptors (Lipinski definition) is 9. The lowest BCUT2D eigenvalue weighted by atomic mass is 9.96. The van der Waals surface area contributed by atoms with Crippen LogP contribution in [0.4, 0.5) is 16.2 Å². The van der Waals surface area contributed by atoms with Crippen molar-refractivity contribution in [3.8, 4) is 0 Å². The highest BCUT2D eigenvalue weighted by Crippen LogP contribution is 2.52. The number of aliphatic hydroxyl groups excluding tert-OH is 1. The third-order valence-corrected chi connectivity index (χ3v) is 11.7. The number of nitrogens with zero attached hydrogens (tertiary/aromatic N) is 3. The Labute approximate surface area is 288 Å². The van der Waals surface area contributed by atoms with Crippen LogP contribution in [0, 0.1) is 0 Å². The van der Waals surface area contributed by atoms with Gasteiger partial charge in [0.15, 0.2) is 0 Å². The van der Waals surface area contributed by atoms with Gasteiger partial charge in [0.25, 0.3) is 16.7 Å². The summed E-state index contributed by atoms with van der Waals surface area (Å²) in [7, 11) is 0. The van der Waals surface area contributed by atoms with Crippen molar-refractivity contribution in [2.45, 2.75) is 96.7 Å². The lowest BCUT2D eigenvalue weighted by molar-refractivity contribution is -0.143. The fourth-order valence-electron chi connectivity index (χ4n) is 7.15. The van der Waals surface area contributed by atoms with E-state index in [-0.39, 0.29) is 29.9 Å². The number of hydrogen-bond donors (Lipinski definition) is 1. The van der Waals surface area contributed by atoms with Gasteiger partial charge in [0.1, 0.15) is 16.1 Å². The minimum atomic E-state index is -0.576. The van der Waals surface area contributed by atoms with Crippen molar-refractivity contribution in [2.75, 3.05) is 18.1 Å². The normalized spacial score (nSPS) is 20.2. The van der Waals surface area contributed by atoms with Gasteiger partial charge in [0.05, 0.1) is 17.7 Å². The Morgan fingerprint density at radius 3 is 2.52 bits per heavy atom. The van der Waals surface area contributed by atoms with E-state index in [1.54, 1.807) is 6.92 Å². The number of thiazole rings is 1. The number of unbranched alkanes of at least 4 members (excludes halogenated alkanes) is 5. The largest absolute Gasteiger partial charge is 0.465 e. The number of fused-ring (bicyclic) bond motifs is 3. The Morgan fingerprint density at radius 1 is 1.00 bits per heavy atom. The number of benzene rings is 2. The molecule has 1 N–H and O–H groups in total. The molecule has 3 aliphatic rings. The average molecular weight is 690 g/mol. The maximum absolute atomic E-state index is 13.8. The van der Waals surface area contributed by atoms with Gasteiger partial charge < -0.3 is 14.7 Å². The van der Waals surface area contributed by atoms with Gasteiger partial charge in [-0.15, -0.1) is 11.3 Å². The number of aromatic nitrogens is 1. The van der Waals surface area contributed by atoms with Crippen LogP contribution >= 0.6 is 23.1 Å². The van der Waals surface area contributed by atoms with Crippen LogP contribution < -0.4 is 19.7 Å². The van der Waals surface area contributed by atoms with Crippen molar-refractivity contribution in [3.63, 3.8) is 0 Å². The number of esters is 1. The highest BCUT2D eigenvalue weighted by molar-refractivity contribution is 8.23. The van der Waals surface area contributed by atoms with Crippen LogP contribution in [-0.2, 0) is 27.5 Å². The summed E-state index contributed by atoms with van der Waals surface area (Å²) in [6.45, 7) is 4.04. The standard InChI is InChI=1S/C37H43N3O6S2/c1-3-5-6-7-8-9-19-38-35(44)33(48-37(38)45)36-39(22-32(42)46-4-2)34(43)31(47-36)21-25-15-18-30-28(20-25)27-11-10-12-29(27)40(30)26-16-13-24(23-41)14-17-26/h13-18,20-21,27,29,41H,3-12,19,22-23H2,1-2H3. The van der Waals surface area contributed by atoms with Gasteiger partial charge in [-0.1, -0.05) is 63.6 Å². The molecule has 0 radical (unpaired) electrons. The molecule has 1 saturated carbocycles. The Balaban J connectivity index is 1.35. The number of aliphatic hydroxyl groups is 1. The van der Waals surface area contributed by atoms with Crippen molar-refractivity contribution in [1.82, 2.24) is 9.47 Å². The third kappa shape index (κ3) is 6.91.